The average Bonchev–Trinajstić information content (AvgIpc) is 2.49. The zero-order valence-electron chi connectivity index (χ0n) is 13.0. The normalized spacial score (nSPS) is 10.8. The fourth-order valence-electron chi connectivity index (χ4n) is 2.22. The van der Waals surface area contributed by atoms with Crippen LogP contribution in [0.5, 0.6) is 0 Å². The highest BCUT2D eigenvalue weighted by Crippen LogP contribution is 2.26. The minimum absolute atomic E-state index is 0.0581. The second kappa shape index (κ2) is 7.59. The van der Waals surface area contributed by atoms with Crippen molar-refractivity contribution in [2.24, 2.45) is 0 Å². The fourth-order valence-corrected chi connectivity index (χ4v) is 3.09. The number of halogens is 2. The van der Waals surface area contributed by atoms with Crippen LogP contribution in [0.3, 0.4) is 0 Å². The van der Waals surface area contributed by atoms with E-state index >= 15 is 0 Å². The van der Waals surface area contributed by atoms with Crippen molar-refractivity contribution in [2.75, 3.05) is 5.32 Å². The summed E-state index contributed by atoms with van der Waals surface area (Å²) in [5, 5.41) is 13.7. The second-order valence-electron chi connectivity index (χ2n) is 5.21. The minimum atomic E-state index is -0.561. The lowest BCUT2D eigenvalue weighted by atomic mass is 10.1. The van der Waals surface area contributed by atoms with Crippen molar-refractivity contribution in [3.8, 4) is 0 Å². The van der Waals surface area contributed by atoms with Crippen molar-refractivity contribution in [2.45, 2.75) is 13.8 Å². The molecular weight excluding hydrogens is 396 g/mol. The van der Waals surface area contributed by atoms with E-state index in [1.165, 1.54) is 24.3 Å². The van der Waals surface area contributed by atoms with Gasteiger partial charge in [-0.1, -0.05) is 33.6 Å². The van der Waals surface area contributed by atoms with Crippen molar-refractivity contribution < 1.29 is 9.72 Å². The molecule has 0 radical (unpaired) electrons. The summed E-state index contributed by atoms with van der Waals surface area (Å²) < 4.78 is 0.944. The molecule has 0 heterocycles. The van der Waals surface area contributed by atoms with E-state index in [1.807, 2.05) is 26.0 Å². The molecule has 0 fully saturated rings. The first-order valence-corrected chi connectivity index (χ1v) is 8.15. The van der Waals surface area contributed by atoms with Gasteiger partial charge >= 0.3 is 0 Å². The molecule has 0 aliphatic carbocycles. The monoisotopic (exact) mass is 408 g/mol. The molecule has 124 valence electrons. The smallest absolute Gasteiger partial charge is 0.288 e. The molecule has 2 aromatic rings. The van der Waals surface area contributed by atoms with Gasteiger partial charge in [0.2, 0.25) is 5.91 Å². The van der Waals surface area contributed by atoms with Gasteiger partial charge in [0, 0.05) is 22.3 Å². The predicted octanol–water partition coefficient (Wildman–Crippen LogP) is 5.28. The third kappa shape index (κ3) is 4.43. The van der Waals surface area contributed by atoms with Crippen LogP contribution in [0, 0.1) is 24.0 Å². The number of nitro benzene ring substituents is 1. The molecule has 0 aliphatic rings. The number of nitro groups is 1. The Morgan fingerprint density at radius 3 is 2.46 bits per heavy atom. The van der Waals surface area contributed by atoms with Crippen molar-refractivity contribution in [1.82, 2.24) is 0 Å². The van der Waals surface area contributed by atoms with E-state index in [0.717, 1.165) is 21.3 Å². The first kappa shape index (κ1) is 18.2. The summed E-state index contributed by atoms with van der Waals surface area (Å²) in [6.07, 6.45) is 2.83. The zero-order chi connectivity index (χ0) is 17.9. The van der Waals surface area contributed by atoms with Gasteiger partial charge in [0.25, 0.3) is 5.69 Å². The summed E-state index contributed by atoms with van der Waals surface area (Å²) in [7, 11) is 0. The summed E-state index contributed by atoms with van der Waals surface area (Å²) in [5.74, 6) is -0.318. The van der Waals surface area contributed by atoms with E-state index in [9.17, 15) is 14.9 Å². The largest absolute Gasteiger partial charge is 0.322 e. The van der Waals surface area contributed by atoms with Crippen molar-refractivity contribution >= 4 is 50.9 Å². The van der Waals surface area contributed by atoms with Crippen LogP contribution < -0.4 is 5.32 Å². The molecule has 0 saturated heterocycles. The summed E-state index contributed by atoms with van der Waals surface area (Å²) in [6, 6.07) is 8.18. The molecular formula is C17H14BrClN2O3. The van der Waals surface area contributed by atoms with E-state index < -0.39 is 4.92 Å². The third-order valence-corrected chi connectivity index (χ3v) is 4.12. The van der Waals surface area contributed by atoms with Gasteiger partial charge in [-0.3, -0.25) is 14.9 Å². The first-order chi connectivity index (χ1) is 11.3. The van der Waals surface area contributed by atoms with Gasteiger partial charge in [0.05, 0.1) is 4.92 Å². The van der Waals surface area contributed by atoms with Crippen LogP contribution in [0.25, 0.3) is 6.08 Å². The van der Waals surface area contributed by atoms with Gasteiger partial charge in [0.1, 0.15) is 5.02 Å². The Balaban J connectivity index is 2.17. The SMILES string of the molecule is Cc1cc(Br)cc(C)c1NC(=O)C=Cc1ccc(Cl)c([N+](=O)[O-])c1. The summed E-state index contributed by atoms with van der Waals surface area (Å²) in [6.45, 7) is 3.80. The molecule has 0 saturated carbocycles. The van der Waals surface area contributed by atoms with Crippen LogP contribution in [0.4, 0.5) is 11.4 Å². The number of benzene rings is 2. The van der Waals surface area contributed by atoms with E-state index in [0.29, 0.717) is 5.56 Å². The number of nitrogens with one attached hydrogen (secondary N) is 1. The lowest BCUT2D eigenvalue weighted by Crippen LogP contribution is -2.10. The van der Waals surface area contributed by atoms with Crippen LogP contribution in [0.1, 0.15) is 16.7 Å². The van der Waals surface area contributed by atoms with E-state index in [2.05, 4.69) is 21.2 Å². The molecule has 0 unspecified atom stereocenters. The fraction of sp³-hybridized carbons (Fsp3) is 0.118. The van der Waals surface area contributed by atoms with Gasteiger partial charge in [-0.15, -0.1) is 0 Å². The van der Waals surface area contributed by atoms with Gasteiger partial charge in [-0.05, 0) is 54.8 Å². The predicted molar refractivity (Wildman–Crippen MR) is 99.4 cm³/mol. The Labute approximate surface area is 152 Å². The molecule has 0 atom stereocenters. The summed E-state index contributed by atoms with van der Waals surface area (Å²) >= 11 is 9.17. The number of rotatable bonds is 4. The highest BCUT2D eigenvalue weighted by molar-refractivity contribution is 9.10. The number of hydrogen-bond acceptors (Lipinski definition) is 3. The van der Waals surface area contributed by atoms with Gasteiger partial charge in [0.15, 0.2) is 0 Å². The van der Waals surface area contributed by atoms with E-state index in [-0.39, 0.29) is 16.6 Å². The summed E-state index contributed by atoms with van der Waals surface area (Å²) in [4.78, 5) is 22.4. The molecule has 2 rings (SSSR count). The Kier molecular flexibility index (Phi) is 5.75. The second-order valence-corrected chi connectivity index (χ2v) is 6.53. The molecule has 7 heteroatoms. The maximum absolute atomic E-state index is 12.1. The first-order valence-electron chi connectivity index (χ1n) is 6.97. The number of carbonyl (C=O) groups excluding carboxylic acids is 1. The Morgan fingerprint density at radius 2 is 1.88 bits per heavy atom. The van der Waals surface area contributed by atoms with Crippen LogP contribution in [0.15, 0.2) is 40.9 Å². The van der Waals surface area contributed by atoms with Crippen LogP contribution in [-0.4, -0.2) is 10.8 Å². The lowest BCUT2D eigenvalue weighted by molar-refractivity contribution is -0.384. The molecule has 1 amide bonds. The number of carbonyl (C=O) groups is 1. The quantitative estimate of drug-likeness (QED) is 0.424. The number of amides is 1. The Hall–Kier alpha value is -2.18. The highest BCUT2D eigenvalue weighted by Gasteiger charge is 2.12. The maximum atomic E-state index is 12.1. The average molecular weight is 410 g/mol. The molecule has 0 aromatic heterocycles. The van der Waals surface area contributed by atoms with Gasteiger partial charge < -0.3 is 5.32 Å². The molecule has 0 aliphatic heterocycles. The molecule has 5 nitrogen and oxygen atoms in total. The molecule has 1 N–H and O–H groups in total. The van der Waals surface area contributed by atoms with Crippen LogP contribution in [-0.2, 0) is 4.79 Å². The molecule has 0 spiro atoms. The lowest BCUT2D eigenvalue weighted by Gasteiger charge is -2.10. The van der Waals surface area contributed by atoms with Crippen molar-refractivity contribution in [1.29, 1.82) is 0 Å². The summed E-state index contributed by atoms with van der Waals surface area (Å²) in [5.41, 5.74) is 2.94. The van der Waals surface area contributed by atoms with Crippen molar-refractivity contribution in [3.63, 3.8) is 0 Å². The minimum Gasteiger partial charge on any atom is -0.322 e. The molecule has 0 bridgehead atoms. The third-order valence-electron chi connectivity index (χ3n) is 3.34. The molecule has 24 heavy (non-hydrogen) atoms. The standard InChI is InChI=1S/C17H14BrClN2O3/c1-10-7-13(18)8-11(2)17(10)20-16(22)6-4-12-3-5-14(19)15(9-12)21(23)24/h3-9H,1-2H3,(H,20,22). The number of anilines is 1. The maximum Gasteiger partial charge on any atom is 0.288 e. The Morgan fingerprint density at radius 1 is 1.25 bits per heavy atom. The van der Waals surface area contributed by atoms with Crippen molar-refractivity contribution in [3.05, 3.63) is 72.7 Å². The Bertz CT molecular complexity index is 827. The topological polar surface area (TPSA) is 72.2 Å². The highest BCUT2D eigenvalue weighted by atomic mass is 79.9. The molecule has 2 aromatic carbocycles. The van der Waals surface area contributed by atoms with Crippen LogP contribution in [0.2, 0.25) is 5.02 Å². The zero-order valence-corrected chi connectivity index (χ0v) is 15.3. The number of aryl methyl sites for hydroxylation is 2. The van der Waals surface area contributed by atoms with Gasteiger partial charge in [-0.2, -0.15) is 0 Å². The van der Waals surface area contributed by atoms with E-state index in [4.69, 9.17) is 11.6 Å². The van der Waals surface area contributed by atoms with E-state index in [1.54, 1.807) is 6.07 Å². The van der Waals surface area contributed by atoms with Crippen LogP contribution >= 0.6 is 27.5 Å². The van der Waals surface area contributed by atoms with Gasteiger partial charge in [-0.25, -0.2) is 0 Å². The number of nitrogens with zero attached hydrogens (tertiary/aromatic N) is 1. The number of hydrogen-bond donors (Lipinski definition) is 1.